The van der Waals surface area contributed by atoms with Crippen molar-refractivity contribution < 1.29 is 0 Å². The van der Waals surface area contributed by atoms with Crippen LogP contribution in [0.2, 0.25) is 0 Å². The van der Waals surface area contributed by atoms with Crippen LogP contribution in [0.3, 0.4) is 0 Å². The Morgan fingerprint density at radius 1 is 0.909 bits per heavy atom. The summed E-state index contributed by atoms with van der Waals surface area (Å²) in [6, 6.07) is 27.1. The number of hydrogen-bond acceptors (Lipinski definition) is 4. The van der Waals surface area contributed by atoms with Gasteiger partial charge in [-0.2, -0.15) is 0 Å². The molecule has 6 nitrogen and oxygen atoms in total. The average molecular weight is 454 g/mol. The molecule has 0 bridgehead atoms. The maximum atomic E-state index is 13.8. The molecule has 2 aromatic heterocycles. The van der Waals surface area contributed by atoms with E-state index in [9.17, 15) is 4.79 Å². The van der Waals surface area contributed by atoms with Crippen LogP contribution < -0.4 is 16.1 Å². The van der Waals surface area contributed by atoms with Crippen LogP contribution in [0.5, 0.6) is 0 Å². The Hall–Kier alpha value is -4.10. The van der Waals surface area contributed by atoms with Crippen molar-refractivity contribution in [2.24, 2.45) is 12.0 Å². The molecule has 0 radical (unpaired) electrons. The van der Waals surface area contributed by atoms with Crippen molar-refractivity contribution in [2.75, 3.05) is 5.73 Å². The van der Waals surface area contributed by atoms with Crippen LogP contribution in [-0.2, 0) is 7.05 Å². The zero-order valence-electron chi connectivity index (χ0n) is 18.3. The number of anilines is 1. The number of benzene rings is 3. The first-order chi connectivity index (χ1) is 16.0. The van der Waals surface area contributed by atoms with Crippen LogP contribution in [0.15, 0.2) is 100 Å². The molecule has 0 spiro atoms. The minimum atomic E-state index is -0.112. The lowest BCUT2D eigenvalue weighted by Gasteiger charge is -2.09. The van der Waals surface area contributed by atoms with E-state index in [0.29, 0.717) is 16.2 Å². The molecule has 5 aromatic rings. The lowest BCUT2D eigenvalue weighted by Crippen LogP contribution is -2.24. The molecule has 0 aliphatic carbocycles. The molecule has 0 aliphatic rings. The molecule has 0 aliphatic heterocycles. The van der Waals surface area contributed by atoms with E-state index in [1.54, 1.807) is 4.68 Å². The summed E-state index contributed by atoms with van der Waals surface area (Å²) in [5, 5.41) is 2.02. The fraction of sp³-hybridized carbons (Fsp3) is 0.0769. The number of nitrogen functional groups attached to an aromatic ring is 1. The summed E-state index contributed by atoms with van der Waals surface area (Å²) in [6.45, 7) is 1.95. The van der Waals surface area contributed by atoms with E-state index in [2.05, 4.69) is 0 Å². The van der Waals surface area contributed by atoms with Crippen LogP contribution >= 0.6 is 11.3 Å². The van der Waals surface area contributed by atoms with Gasteiger partial charge in [-0.3, -0.25) is 14.0 Å². The fourth-order valence-electron chi connectivity index (χ4n) is 3.93. The molecule has 164 valence electrons. The number of rotatable bonds is 4. The van der Waals surface area contributed by atoms with Gasteiger partial charge < -0.3 is 5.73 Å². The van der Waals surface area contributed by atoms with Gasteiger partial charge in [0, 0.05) is 23.7 Å². The highest BCUT2D eigenvalue weighted by atomic mass is 32.1. The molecule has 5 rings (SSSR count). The smallest absolute Gasteiger partial charge is 0.296 e. The van der Waals surface area contributed by atoms with Crippen molar-refractivity contribution in [2.45, 2.75) is 6.92 Å². The largest absolute Gasteiger partial charge is 0.399 e. The van der Waals surface area contributed by atoms with Gasteiger partial charge in [-0.25, -0.2) is 9.67 Å². The van der Waals surface area contributed by atoms with Gasteiger partial charge in [0.15, 0.2) is 4.80 Å². The predicted molar refractivity (Wildman–Crippen MR) is 134 cm³/mol. The van der Waals surface area contributed by atoms with E-state index in [-0.39, 0.29) is 5.56 Å². The van der Waals surface area contributed by atoms with Crippen LogP contribution in [0.1, 0.15) is 5.69 Å². The molecule has 2 N–H and O–H groups in total. The highest BCUT2D eigenvalue weighted by Gasteiger charge is 2.22. The third kappa shape index (κ3) is 3.72. The van der Waals surface area contributed by atoms with Crippen LogP contribution in [0.4, 0.5) is 11.4 Å². The molecule has 33 heavy (non-hydrogen) atoms. The highest BCUT2D eigenvalue weighted by molar-refractivity contribution is 7.07. The Morgan fingerprint density at radius 3 is 2.30 bits per heavy atom. The van der Waals surface area contributed by atoms with Gasteiger partial charge in [-0.15, -0.1) is 11.3 Å². The third-order valence-electron chi connectivity index (χ3n) is 5.62. The van der Waals surface area contributed by atoms with Gasteiger partial charge in [0.25, 0.3) is 5.56 Å². The minimum Gasteiger partial charge on any atom is -0.399 e. The molecule has 0 fully saturated rings. The van der Waals surface area contributed by atoms with Gasteiger partial charge in [0.1, 0.15) is 5.69 Å². The fourth-order valence-corrected chi connectivity index (χ4v) is 4.84. The van der Waals surface area contributed by atoms with Crippen LogP contribution in [0, 0.1) is 6.92 Å². The number of thiazole rings is 1. The van der Waals surface area contributed by atoms with Gasteiger partial charge in [0.2, 0.25) is 0 Å². The summed E-state index contributed by atoms with van der Waals surface area (Å²) in [4.78, 5) is 19.4. The number of hydrogen-bond donors (Lipinski definition) is 1. The number of nitrogens with zero attached hydrogens (tertiary/aromatic N) is 4. The Morgan fingerprint density at radius 2 is 1.61 bits per heavy atom. The molecular weight excluding hydrogens is 430 g/mol. The Labute approximate surface area is 195 Å². The highest BCUT2D eigenvalue weighted by Crippen LogP contribution is 2.26. The van der Waals surface area contributed by atoms with Gasteiger partial charge in [-0.1, -0.05) is 48.5 Å². The zero-order valence-corrected chi connectivity index (χ0v) is 19.2. The van der Waals surface area contributed by atoms with Gasteiger partial charge >= 0.3 is 0 Å². The molecule has 3 aromatic carbocycles. The van der Waals surface area contributed by atoms with E-state index in [1.165, 1.54) is 11.3 Å². The molecule has 2 heterocycles. The summed E-state index contributed by atoms with van der Waals surface area (Å²) >= 11 is 1.49. The Kier molecular flexibility index (Phi) is 5.32. The van der Waals surface area contributed by atoms with Crippen LogP contribution in [-0.4, -0.2) is 13.9 Å². The number of para-hydroxylation sites is 2. The molecule has 0 saturated heterocycles. The SMILES string of the molecule is Cc1c(-n2c(-c3cccc(N)c3)csc2=Nc2ccccc2)c(=O)n(-c2ccccc2)n1C. The quantitative estimate of drug-likeness (QED) is 0.397. The maximum Gasteiger partial charge on any atom is 0.296 e. The minimum absolute atomic E-state index is 0.112. The molecule has 0 amide bonds. The van der Waals surface area contributed by atoms with E-state index >= 15 is 0 Å². The monoisotopic (exact) mass is 453 g/mol. The maximum absolute atomic E-state index is 13.8. The van der Waals surface area contributed by atoms with E-state index in [1.807, 2.05) is 114 Å². The summed E-state index contributed by atoms with van der Waals surface area (Å²) in [6.07, 6.45) is 0. The Balaban J connectivity index is 1.84. The van der Waals surface area contributed by atoms with Crippen molar-refractivity contribution in [3.05, 3.63) is 111 Å². The van der Waals surface area contributed by atoms with Gasteiger partial charge in [-0.05, 0) is 43.3 Å². The number of nitrogens with two attached hydrogens (primary N) is 1. The van der Waals surface area contributed by atoms with E-state index in [4.69, 9.17) is 10.7 Å². The predicted octanol–water partition coefficient (Wildman–Crippen LogP) is 4.82. The Bertz CT molecular complexity index is 1560. The first kappa shape index (κ1) is 20.8. The lowest BCUT2D eigenvalue weighted by molar-refractivity contribution is 0.630. The topological polar surface area (TPSA) is 70.2 Å². The van der Waals surface area contributed by atoms with E-state index in [0.717, 1.165) is 28.3 Å². The van der Waals surface area contributed by atoms with Crippen LogP contribution in [0.25, 0.3) is 22.6 Å². The van der Waals surface area contributed by atoms with Crippen molar-refractivity contribution in [3.63, 3.8) is 0 Å². The molecule has 0 atom stereocenters. The second-order valence-electron chi connectivity index (χ2n) is 7.72. The second kappa shape index (κ2) is 8.44. The van der Waals surface area contributed by atoms with Crippen molar-refractivity contribution in [3.8, 4) is 22.6 Å². The number of aromatic nitrogens is 3. The summed E-state index contributed by atoms with van der Waals surface area (Å²) in [5.74, 6) is 0. The molecule has 0 unspecified atom stereocenters. The molecular formula is C26H23N5OS. The van der Waals surface area contributed by atoms with Crippen molar-refractivity contribution >= 4 is 22.7 Å². The summed E-state index contributed by atoms with van der Waals surface area (Å²) in [5.41, 5.74) is 11.5. The average Bonchev–Trinajstić information content (AvgIpc) is 3.32. The third-order valence-corrected chi connectivity index (χ3v) is 6.44. The lowest BCUT2D eigenvalue weighted by atomic mass is 10.1. The molecule has 7 heteroatoms. The van der Waals surface area contributed by atoms with Crippen molar-refractivity contribution in [1.82, 2.24) is 13.9 Å². The van der Waals surface area contributed by atoms with E-state index < -0.39 is 0 Å². The standard InChI is InChI=1S/C26H23N5OS/c1-18-24(25(32)31(29(18)2)22-14-7-4-8-15-22)30-23(19-10-9-11-20(27)16-19)17-33-26(30)28-21-12-5-3-6-13-21/h3-17H,27H2,1-2H3. The summed E-state index contributed by atoms with van der Waals surface area (Å²) in [7, 11) is 1.90. The first-order valence-electron chi connectivity index (χ1n) is 10.6. The zero-order chi connectivity index (χ0) is 22.9. The molecule has 0 saturated carbocycles. The van der Waals surface area contributed by atoms with Crippen molar-refractivity contribution in [1.29, 1.82) is 0 Å². The summed E-state index contributed by atoms with van der Waals surface area (Å²) < 4.78 is 5.52. The van der Waals surface area contributed by atoms with Gasteiger partial charge in [0.05, 0.1) is 22.8 Å². The second-order valence-corrected chi connectivity index (χ2v) is 8.56. The normalized spacial score (nSPS) is 11.8. The first-order valence-corrected chi connectivity index (χ1v) is 11.4.